The van der Waals surface area contributed by atoms with E-state index in [0.717, 1.165) is 22.3 Å². The fraction of sp³-hybridized carbons (Fsp3) is 0.455. The van der Waals surface area contributed by atoms with E-state index in [-0.39, 0.29) is 5.75 Å². The highest BCUT2D eigenvalue weighted by atomic mass is 35.5. The largest absolute Gasteiger partial charge is 0.506 e. The van der Waals surface area contributed by atoms with Crippen LogP contribution in [0, 0.1) is 20.8 Å². The summed E-state index contributed by atoms with van der Waals surface area (Å²) in [5.41, 5.74) is 3.86. The molecule has 0 atom stereocenters. The second kappa shape index (κ2) is 4.84. The molecule has 0 spiro atoms. The molecule has 15 heavy (non-hydrogen) atoms. The summed E-state index contributed by atoms with van der Waals surface area (Å²) in [6.45, 7) is 6.15. The van der Waals surface area contributed by atoms with Crippen LogP contribution in [0.15, 0.2) is 0 Å². The second-order valence-corrected chi connectivity index (χ2v) is 4.01. The Kier molecular flexibility index (Phi) is 3.97. The molecule has 0 aliphatic heterocycles. The maximum Gasteiger partial charge on any atom is 0.137 e. The maximum atomic E-state index is 9.73. The summed E-state index contributed by atoms with van der Waals surface area (Å²) in [5.74, 6) is 5.17. The molecule has 4 heteroatoms. The van der Waals surface area contributed by atoms with Crippen molar-refractivity contribution in [3.05, 3.63) is 27.3 Å². The summed E-state index contributed by atoms with van der Waals surface area (Å²) in [7, 11) is 0. The van der Waals surface area contributed by atoms with Gasteiger partial charge in [-0.1, -0.05) is 11.6 Å². The molecular weight excluding hydrogens is 214 g/mol. The molecule has 0 saturated heterocycles. The van der Waals surface area contributed by atoms with Crippen molar-refractivity contribution in [2.75, 3.05) is 6.61 Å². The normalized spacial score (nSPS) is 10.7. The average Bonchev–Trinajstić information content (AvgIpc) is 2.24. The molecule has 1 aromatic carbocycles. The molecule has 0 amide bonds. The Balaban J connectivity index is 3.26. The van der Waals surface area contributed by atoms with E-state index in [9.17, 15) is 5.11 Å². The Bertz CT molecular complexity index is 348. The summed E-state index contributed by atoms with van der Waals surface area (Å²) in [5, 5.41) is 10.2. The molecule has 3 nitrogen and oxygen atoms in total. The first-order valence-electron chi connectivity index (χ1n) is 4.79. The molecule has 84 valence electrons. The number of nitrogens with two attached hydrogens (primary N) is 1. The van der Waals surface area contributed by atoms with Crippen LogP contribution in [0.25, 0.3) is 0 Å². The zero-order valence-corrected chi connectivity index (χ0v) is 9.98. The fourth-order valence-corrected chi connectivity index (χ4v) is 1.95. The quantitative estimate of drug-likeness (QED) is 0.783. The summed E-state index contributed by atoms with van der Waals surface area (Å²) in [6.07, 6.45) is 0.703. The molecule has 3 N–H and O–H groups in total. The molecule has 0 unspecified atom stereocenters. The number of benzene rings is 1. The summed E-state index contributed by atoms with van der Waals surface area (Å²) in [4.78, 5) is 4.56. The lowest BCUT2D eigenvalue weighted by Gasteiger charge is -2.15. The number of phenols is 1. The van der Waals surface area contributed by atoms with Gasteiger partial charge in [0, 0.05) is 0 Å². The Morgan fingerprint density at radius 1 is 1.20 bits per heavy atom. The van der Waals surface area contributed by atoms with Gasteiger partial charge in [0.15, 0.2) is 0 Å². The number of aromatic hydroxyl groups is 1. The van der Waals surface area contributed by atoms with Gasteiger partial charge in [-0.25, -0.2) is 5.90 Å². The van der Waals surface area contributed by atoms with Crippen LogP contribution < -0.4 is 5.90 Å². The van der Waals surface area contributed by atoms with Gasteiger partial charge >= 0.3 is 0 Å². The van der Waals surface area contributed by atoms with Gasteiger partial charge < -0.3 is 9.94 Å². The molecule has 0 radical (unpaired) electrons. The molecule has 0 bridgehead atoms. The van der Waals surface area contributed by atoms with Crippen LogP contribution in [0.5, 0.6) is 5.75 Å². The van der Waals surface area contributed by atoms with Crippen LogP contribution in [-0.2, 0) is 11.3 Å². The van der Waals surface area contributed by atoms with Crippen molar-refractivity contribution >= 4 is 11.6 Å². The number of hydrogen-bond acceptors (Lipinski definition) is 3. The third-order valence-corrected chi connectivity index (χ3v) is 3.29. The highest BCUT2D eigenvalue weighted by Crippen LogP contribution is 2.35. The van der Waals surface area contributed by atoms with Crippen LogP contribution in [-0.4, -0.2) is 11.7 Å². The van der Waals surface area contributed by atoms with Gasteiger partial charge in [-0.2, -0.15) is 0 Å². The molecule has 0 heterocycles. The van der Waals surface area contributed by atoms with Crippen LogP contribution in [0.1, 0.15) is 22.3 Å². The van der Waals surface area contributed by atoms with Gasteiger partial charge in [0.1, 0.15) is 5.75 Å². The first-order chi connectivity index (χ1) is 7.00. The number of phenolic OH excluding ortho intramolecular Hbond substituents is 1. The standard InChI is InChI=1S/C11H16ClNO2/c1-6-7(2)11(14)10(12)8(3)9(6)4-5-15-13/h14H,4-5,13H2,1-3H3. The van der Waals surface area contributed by atoms with Crippen molar-refractivity contribution in [1.82, 2.24) is 0 Å². The van der Waals surface area contributed by atoms with E-state index in [2.05, 4.69) is 4.84 Å². The van der Waals surface area contributed by atoms with Crippen LogP contribution >= 0.6 is 11.6 Å². The van der Waals surface area contributed by atoms with Gasteiger partial charge in [-0.05, 0) is 49.4 Å². The van der Waals surface area contributed by atoms with E-state index >= 15 is 0 Å². The van der Waals surface area contributed by atoms with E-state index in [0.29, 0.717) is 18.1 Å². The van der Waals surface area contributed by atoms with Crippen molar-refractivity contribution < 1.29 is 9.94 Å². The number of halogens is 1. The maximum absolute atomic E-state index is 9.73. The second-order valence-electron chi connectivity index (χ2n) is 3.64. The van der Waals surface area contributed by atoms with Gasteiger partial charge in [0.25, 0.3) is 0 Å². The summed E-state index contributed by atoms with van der Waals surface area (Å²) in [6, 6.07) is 0. The lowest BCUT2D eigenvalue weighted by Crippen LogP contribution is -2.07. The topological polar surface area (TPSA) is 55.5 Å². The Hall–Kier alpha value is -0.770. The zero-order valence-electron chi connectivity index (χ0n) is 9.22. The van der Waals surface area contributed by atoms with Crippen molar-refractivity contribution in [3.8, 4) is 5.75 Å². The highest BCUT2D eigenvalue weighted by molar-refractivity contribution is 6.33. The van der Waals surface area contributed by atoms with Crippen molar-refractivity contribution in [2.24, 2.45) is 5.90 Å². The van der Waals surface area contributed by atoms with E-state index < -0.39 is 0 Å². The third-order valence-electron chi connectivity index (χ3n) is 2.83. The molecule has 1 rings (SSSR count). The minimum absolute atomic E-state index is 0.170. The molecule has 0 aliphatic rings. The summed E-state index contributed by atoms with van der Waals surface area (Å²) < 4.78 is 0. The predicted octanol–water partition coefficient (Wildman–Crippen LogP) is 2.40. The molecular formula is C11H16ClNO2. The van der Waals surface area contributed by atoms with Crippen LogP contribution in [0.3, 0.4) is 0 Å². The zero-order chi connectivity index (χ0) is 11.6. The van der Waals surface area contributed by atoms with E-state index in [4.69, 9.17) is 17.5 Å². The van der Waals surface area contributed by atoms with Gasteiger partial charge in [0.2, 0.25) is 0 Å². The molecule has 0 saturated carbocycles. The Labute approximate surface area is 94.8 Å². The smallest absolute Gasteiger partial charge is 0.137 e. The van der Waals surface area contributed by atoms with E-state index in [1.807, 2.05) is 20.8 Å². The average molecular weight is 230 g/mol. The molecule has 0 aliphatic carbocycles. The lowest BCUT2D eigenvalue weighted by molar-refractivity contribution is 0.141. The fourth-order valence-electron chi connectivity index (χ4n) is 1.70. The SMILES string of the molecule is Cc1c(C)c(CCON)c(C)c(Cl)c1O. The van der Waals surface area contributed by atoms with Crippen LogP contribution in [0.2, 0.25) is 5.02 Å². The Morgan fingerprint density at radius 3 is 2.33 bits per heavy atom. The predicted molar refractivity (Wildman–Crippen MR) is 61.2 cm³/mol. The van der Waals surface area contributed by atoms with Crippen LogP contribution in [0.4, 0.5) is 0 Å². The van der Waals surface area contributed by atoms with Crippen molar-refractivity contribution in [2.45, 2.75) is 27.2 Å². The lowest BCUT2D eigenvalue weighted by atomic mass is 9.95. The third kappa shape index (κ3) is 2.25. The molecule has 0 fully saturated rings. The first kappa shape index (κ1) is 12.3. The van der Waals surface area contributed by atoms with Crippen molar-refractivity contribution in [1.29, 1.82) is 0 Å². The van der Waals surface area contributed by atoms with E-state index in [1.54, 1.807) is 0 Å². The van der Waals surface area contributed by atoms with Gasteiger partial charge in [0.05, 0.1) is 11.6 Å². The van der Waals surface area contributed by atoms with Gasteiger partial charge in [-0.3, -0.25) is 0 Å². The van der Waals surface area contributed by atoms with E-state index in [1.165, 1.54) is 0 Å². The summed E-state index contributed by atoms with van der Waals surface area (Å²) >= 11 is 6.02. The minimum Gasteiger partial charge on any atom is -0.506 e. The first-order valence-corrected chi connectivity index (χ1v) is 5.17. The number of rotatable bonds is 3. The molecule has 1 aromatic rings. The number of hydrogen-bond donors (Lipinski definition) is 2. The van der Waals surface area contributed by atoms with Gasteiger partial charge in [-0.15, -0.1) is 0 Å². The minimum atomic E-state index is 0.170. The Morgan fingerprint density at radius 2 is 1.80 bits per heavy atom. The molecule has 0 aromatic heterocycles. The van der Waals surface area contributed by atoms with Crippen molar-refractivity contribution in [3.63, 3.8) is 0 Å². The highest BCUT2D eigenvalue weighted by Gasteiger charge is 2.14. The monoisotopic (exact) mass is 229 g/mol.